The normalized spacial score (nSPS) is 28.0. The molecule has 0 bridgehead atoms. The molecule has 0 spiro atoms. The zero-order valence-electron chi connectivity index (χ0n) is 17.0. The number of carbonyl (C=O) groups is 1. The first-order valence-corrected chi connectivity index (χ1v) is 11.8. The minimum absolute atomic E-state index is 0.00196. The Morgan fingerprint density at radius 2 is 1.82 bits per heavy atom. The van der Waals surface area contributed by atoms with Gasteiger partial charge in [0.25, 0.3) is 0 Å². The maximum absolute atomic E-state index is 13.4. The van der Waals surface area contributed by atoms with E-state index in [0.29, 0.717) is 24.7 Å². The molecular formula is C21H31N3O3S. The molecule has 1 saturated heterocycles. The van der Waals surface area contributed by atoms with E-state index < -0.39 is 10.0 Å². The van der Waals surface area contributed by atoms with E-state index in [1.54, 1.807) is 23.1 Å². The third-order valence-electron chi connectivity index (χ3n) is 6.16. The van der Waals surface area contributed by atoms with Gasteiger partial charge in [-0.1, -0.05) is 45.7 Å². The van der Waals surface area contributed by atoms with Crippen LogP contribution >= 0.6 is 0 Å². The minimum Gasteiger partial charge on any atom is -0.305 e. The smallest absolute Gasteiger partial charge is 0.243 e. The molecule has 0 unspecified atom stereocenters. The molecule has 1 aromatic rings. The monoisotopic (exact) mass is 405 g/mol. The van der Waals surface area contributed by atoms with Crippen molar-refractivity contribution in [2.75, 3.05) is 18.0 Å². The topological polar surface area (TPSA) is 69.7 Å². The molecular weight excluding hydrogens is 374 g/mol. The van der Waals surface area contributed by atoms with Crippen LogP contribution in [0.2, 0.25) is 0 Å². The van der Waals surface area contributed by atoms with Crippen LogP contribution in [0.3, 0.4) is 0 Å². The number of amides is 1. The summed E-state index contributed by atoms with van der Waals surface area (Å²) in [6, 6.07) is 6.97. The number of nitrogens with zero attached hydrogens (tertiary/aromatic N) is 2. The van der Waals surface area contributed by atoms with Gasteiger partial charge in [0.05, 0.1) is 17.8 Å². The molecule has 3 aliphatic rings. The zero-order valence-corrected chi connectivity index (χ0v) is 17.8. The zero-order chi connectivity index (χ0) is 20.1. The Balaban J connectivity index is 1.75. The first-order chi connectivity index (χ1) is 13.2. The number of fused-ring (bicyclic) bond motifs is 2. The summed E-state index contributed by atoms with van der Waals surface area (Å²) in [5.41, 5.74) is 0.356. The van der Waals surface area contributed by atoms with Crippen LogP contribution in [0.15, 0.2) is 29.2 Å². The lowest BCUT2D eigenvalue weighted by Gasteiger charge is -2.33. The predicted octanol–water partition coefficient (Wildman–Crippen LogP) is 2.74. The van der Waals surface area contributed by atoms with Gasteiger partial charge in [-0.2, -0.15) is 0 Å². The molecule has 0 radical (unpaired) electrons. The Bertz CT molecular complexity index is 856. The molecule has 2 aliphatic heterocycles. The van der Waals surface area contributed by atoms with E-state index in [9.17, 15) is 13.2 Å². The molecule has 1 amide bonds. The van der Waals surface area contributed by atoms with Crippen molar-refractivity contribution in [3.63, 3.8) is 0 Å². The van der Waals surface area contributed by atoms with Crippen molar-refractivity contribution < 1.29 is 13.2 Å². The van der Waals surface area contributed by atoms with Crippen molar-refractivity contribution in [2.45, 2.75) is 75.9 Å². The predicted molar refractivity (Wildman–Crippen MR) is 110 cm³/mol. The highest BCUT2D eigenvalue weighted by molar-refractivity contribution is 7.89. The van der Waals surface area contributed by atoms with Crippen molar-refractivity contribution in [2.24, 2.45) is 5.41 Å². The SMILES string of the molecule is CC(C)(C)CC(=O)N1c2ccccc2S(=O)(=O)N[C@H]2CN(C3CCCC3)C[C@H]21. The molecule has 1 aromatic carbocycles. The molecule has 1 N–H and O–H groups in total. The van der Waals surface area contributed by atoms with Crippen LogP contribution in [0.4, 0.5) is 5.69 Å². The van der Waals surface area contributed by atoms with Gasteiger partial charge in [-0.05, 0) is 30.4 Å². The Hall–Kier alpha value is -1.44. The second-order valence-corrected chi connectivity index (χ2v) is 11.3. The summed E-state index contributed by atoms with van der Waals surface area (Å²) in [5, 5.41) is 0. The maximum Gasteiger partial charge on any atom is 0.243 e. The second kappa shape index (κ2) is 7.11. The fourth-order valence-corrected chi connectivity index (χ4v) is 6.40. The maximum atomic E-state index is 13.4. The number of para-hydroxylation sites is 1. The average Bonchev–Trinajstić information content (AvgIpc) is 3.22. The fraction of sp³-hybridized carbons (Fsp3) is 0.667. The molecule has 154 valence electrons. The standard InChI is InChI=1S/C21H31N3O3S/c1-21(2,3)12-20(25)24-17-10-6-7-11-19(17)28(26,27)22-16-13-23(14-18(16)24)15-8-4-5-9-15/h6-7,10-11,15-16,18,22H,4-5,8-9,12-14H2,1-3H3/t16-,18+/m0/s1. The summed E-state index contributed by atoms with van der Waals surface area (Å²) < 4.78 is 29.0. The molecule has 6 nitrogen and oxygen atoms in total. The highest BCUT2D eigenvalue weighted by atomic mass is 32.2. The summed E-state index contributed by atoms with van der Waals surface area (Å²) in [6.45, 7) is 7.52. The Kier molecular flexibility index (Phi) is 5.04. The number of benzene rings is 1. The van der Waals surface area contributed by atoms with Gasteiger partial charge >= 0.3 is 0 Å². The number of carbonyl (C=O) groups excluding carboxylic acids is 1. The lowest BCUT2D eigenvalue weighted by Crippen LogP contribution is -2.51. The Morgan fingerprint density at radius 3 is 2.50 bits per heavy atom. The van der Waals surface area contributed by atoms with Crippen LogP contribution in [0.1, 0.15) is 52.9 Å². The summed E-state index contributed by atoms with van der Waals surface area (Å²) in [5.74, 6) is 0.00196. The van der Waals surface area contributed by atoms with E-state index >= 15 is 0 Å². The molecule has 2 heterocycles. The Morgan fingerprint density at radius 1 is 1.14 bits per heavy atom. The quantitative estimate of drug-likeness (QED) is 0.821. The number of nitrogens with one attached hydrogen (secondary N) is 1. The van der Waals surface area contributed by atoms with E-state index in [1.807, 2.05) is 26.8 Å². The Labute approximate surface area is 168 Å². The van der Waals surface area contributed by atoms with Gasteiger partial charge in [0.1, 0.15) is 4.90 Å². The number of rotatable bonds is 2. The summed E-state index contributed by atoms with van der Waals surface area (Å²) in [4.78, 5) is 17.8. The van der Waals surface area contributed by atoms with Gasteiger partial charge in [-0.3, -0.25) is 9.69 Å². The van der Waals surface area contributed by atoms with Crippen molar-refractivity contribution in [3.8, 4) is 0 Å². The van der Waals surface area contributed by atoms with E-state index in [1.165, 1.54) is 25.7 Å². The summed E-state index contributed by atoms with van der Waals surface area (Å²) in [7, 11) is -3.66. The van der Waals surface area contributed by atoms with Gasteiger partial charge in [0, 0.05) is 25.6 Å². The second-order valence-electron chi connectivity index (χ2n) is 9.66. The largest absolute Gasteiger partial charge is 0.305 e. The molecule has 28 heavy (non-hydrogen) atoms. The average molecular weight is 406 g/mol. The van der Waals surface area contributed by atoms with E-state index in [2.05, 4.69) is 9.62 Å². The van der Waals surface area contributed by atoms with E-state index in [4.69, 9.17) is 0 Å². The van der Waals surface area contributed by atoms with Gasteiger partial charge in [0.15, 0.2) is 0 Å². The van der Waals surface area contributed by atoms with Crippen LogP contribution in [0.5, 0.6) is 0 Å². The van der Waals surface area contributed by atoms with Crippen molar-refractivity contribution in [1.82, 2.24) is 9.62 Å². The van der Waals surface area contributed by atoms with Crippen LogP contribution in [0, 0.1) is 5.41 Å². The van der Waals surface area contributed by atoms with Crippen molar-refractivity contribution in [1.29, 1.82) is 0 Å². The molecule has 7 heteroatoms. The molecule has 4 rings (SSSR count). The lowest BCUT2D eigenvalue weighted by atomic mass is 9.91. The molecule has 1 saturated carbocycles. The molecule has 2 atom stereocenters. The van der Waals surface area contributed by atoms with Crippen molar-refractivity contribution in [3.05, 3.63) is 24.3 Å². The summed E-state index contributed by atoms with van der Waals surface area (Å²) in [6.07, 6.45) is 5.18. The van der Waals surface area contributed by atoms with Crippen LogP contribution in [-0.4, -0.2) is 50.4 Å². The number of likely N-dealkylation sites (tertiary alicyclic amines) is 1. The molecule has 2 fully saturated rings. The number of anilines is 1. The van der Waals surface area contributed by atoms with Gasteiger partial charge in [0.2, 0.25) is 15.9 Å². The minimum atomic E-state index is -3.66. The van der Waals surface area contributed by atoms with Crippen molar-refractivity contribution >= 4 is 21.6 Å². The van der Waals surface area contributed by atoms with Gasteiger partial charge < -0.3 is 4.90 Å². The number of sulfonamides is 1. The molecule has 1 aliphatic carbocycles. The first-order valence-electron chi connectivity index (χ1n) is 10.3. The lowest BCUT2D eigenvalue weighted by molar-refractivity contribution is -0.120. The molecule has 0 aromatic heterocycles. The third kappa shape index (κ3) is 3.72. The number of hydrogen-bond donors (Lipinski definition) is 1. The summed E-state index contributed by atoms with van der Waals surface area (Å²) >= 11 is 0. The first kappa shape index (κ1) is 19.9. The third-order valence-corrected chi connectivity index (χ3v) is 7.70. The van der Waals surface area contributed by atoms with Gasteiger partial charge in [-0.15, -0.1) is 0 Å². The van der Waals surface area contributed by atoms with E-state index in [-0.39, 0.29) is 28.3 Å². The van der Waals surface area contributed by atoms with Gasteiger partial charge in [-0.25, -0.2) is 13.1 Å². The van der Waals surface area contributed by atoms with E-state index in [0.717, 1.165) is 6.54 Å². The van der Waals surface area contributed by atoms with Crippen LogP contribution < -0.4 is 9.62 Å². The number of hydrogen-bond acceptors (Lipinski definition) is 4. The van der Waals surface area contributed by atoms with Crippen LogP contribution in [-0.2, 0) is 14.8 Å². The fourth-order valence-electron chi connectivity index (χ4n) is 4.94. The highest BCUT2D eigenvalue weighted by Crippen LogP contribution is 2.37. The highest BCUT2D eigenvalue weighted by Gasteiger charge is 2.47. The van der Waals surface area contributed by atoms with Crippen LogP contribution in [0.25, 0.3) is 0 Å².